The van der Waals surface area contributed by atoms with Crippen molar-refractivity contribution in [2.75, 3.05) is 5.32 Å². The van der Waals surface area contributed by atoms with Gasteiger partial charge in [0.1, 0.15) is 11.9 Å². The van der Waals surface area contributed by atoms with Gasteiger partial charge in [0.15, 0.2) is 5.69 Å². The van der Waals surface area contributed by atoms with Crippen molar-refractivity contribution >= 4 is 11.5 Å². The van der Waals surface area contributed by atoms with Crippen molar-refractivity contribution in [3.8, 4) is 6.07 Å². The molecule has 1 aromatic heterocycles. The van der Waals surface area contributed by atoms with Gasteiger partial charge in [0.2, 0.25) is 0 Å². The molecule has 0 amide bonds. The van der Waals surface area contributed by atoms with Crippen molar-refractivity contribution in [3.63, 3.8) is 0 Å². The zero-order chi connectivity index (χ0) is 16.6. The molecule has 24 heavy (non-hydrogen) atoms. The molecular weight excluding hydrogens is 300 g/mol. The van der Waals surface area contributed by atoms with E-state index in [2.05, 4.69) is 15.3 Å². The lowest BCUT2D eigenvalue weighted by atomic mass is 10.2. The first-order valence-electron chi connectivity index (χ1n) is 7.53. The van der Waals surface area contributed by atoms with Crippen molar-refractivity contribution in [3.05, 3.63) is 83.8 Å². The van der Waals surface area contributed by atoms with E-state index in [1.807, 2.05) is 60.7 Å². The van der Waals surface area contributed by atoms with Crippen LogP contribution in [-0.4, -0.2) is 9.97 Å². The number of hydrogen-bond donors (Lipinski definition) is 1. The molecule has 0 saturated carbocycles. The summed E-state index contributed by atoms with van der Waals surface area (Å²) in [5.74, 6) is 0.599. The number of aromatic nitrogens is 2. The van der Waals surface area contributed by atoms with Gasteiger partial charge in [-0.3, -0.25) is 0 Å². The van der Waals surface area contributed by atoms with E-state index in [0.717, 1.165) is 16.8 Å². The maximum Gasteiger partial charge on any atom is 0.158 e. The third-order valence-corrected chi connectivity index (χ3v) is 3.37. The highest BCUT2D eigenvalue weighted by atomic mass is 16.5. The zero-order valence-electron chi connectivity index (χ0n) is 13.0. The van der Waals surface area contributed by atoms with E-state index in [0.29, 0.717) is 24.7 Å². The third kappa shape index (κ3) is 4.38. The summed E-state index contributed by atoms with van der Waals surface area (Å²) in [6.45, 7) is 1.16. The minimum absolute atomic E-state index is 0.298. The number of nitrogens with zero attached hydrogens (tertiary/aromatic N) is 3. The smallest absolute Gasteiger partial charge is 0.158 e. The first kappa shape index (κ1) is 15.7. The average molecular weight is 316 g/mol. The number of benzene rings is 2. The quantitative estimate of drug-likeness (QED) is 0.749. The van der Waals surface area contributed by atoms with Gasteiger partial charge in [-0.2, -0.15) is 5.26 Å². The Morgan fingerprint density at radius 2 is 1.58 bits per heavy atom. The summed E-state index contributed by atoms with van der Waals surface area (Å²) in [6.07, 6.45) is 2.98. The molecule has 3 aromatic rings. The summed E-state index contributed by atoms with van der Waals surface area (Å²) in [4.78, 5) is 8.10. The van der Waals surface area contributed by atoms with E-state index in [1.54, 1.807) is 0 Å². The fraction of sp³-hybridized carbons (Fsp3) is 0.105. The minimum Gasteiger partial charge on any atom is -0.372 e. The van der Waals surface area contributed by atoms with Gasteiger partial charge in [-0.15, -0.1) is 0 Å². The van der Waals surface area contributed by atoms with Crippen LogP contribution >= 0.6 is 0 Å². The molecule has 1 heterocycles. The number of anilines is 2. The Kier molecular flexibility index (Phi) is 5.13. The highest BCUT2D eigenvalue weighted by molar-refractivity contribution is 5.55. The predicted molar refractivity (Wildman–Crippen MR) is 91.4 cm³/mol. The summed E-state index contributed by atoms with van der Waals surface area (Å²) in [5, 5.41) is 11.8. The fourth-order valence-electron chi connectivity index (χ4n) is 2.14. The molecule has 118 valence electrons. The van der Waals surface area contributed by atoms with Gasteiger partial charge in [-0.25, -0.2) is 9.97 Å². The molecule has 0 atom stereocenters. The largest absolute Gasteiger partial charge is 0.372 e. The van der Waals surface area contributed by atoms with Gasteiger partial charge in [-0.1, -0.05) is 42.5 Å². The van der Waals surface area contributed by atoms with Crippen molar-refractivity contribution in [1.82, 2.24) is 9.97 Å². The second-order valence-electron chi connectivity index (χ2n) is 5.20. The van der Waals surface area contributed by atoms with Crippen LogP contribution in [0.3, 0.4) is 0 Å². The summed E-state index contributed by atoms with van der Waals surface area (Å²) >= 11 is 0. The number of rotatable bonds is 6. The van der Waals surface area contributed by atoms with E-state index in [1.165, 1.54) is 12.4 Å². The summed E-state index contributed by atoms with van der Waals surface area (Å²) in [5.41, 5.74) is 3.46. The normalized spacial score (nSPS) is 10.1. The van der Waals surface area contributed by atoms with Crippen molar-refractivity contribution < 1.29 is 4.74 Å². The number of hydrogen-bond acceptors (Lipinski definition) is 5. The molecule has 0 spiro atoms. The highest BCUT2D eigenvalue weighted by Gasteiger charge is 1.99. The van der Waals surface area contributed by atoms with Gasteiger partial charge >= 0.3 is 0 Å². The van der Waals surface area contributed by atoms with Crippen LogP contribution < -0.4 is 5.32 Å². The van der Waals surface area contributed by atoms with Crippen LogP contribution in [0.5, 0.6) is 0 Å². The van der Waals surface area contributed by atoms with Crippen molar-refractivity contribution in [2.24, 2.45) is 0 Å². The van der Waals surface area contributed by atoms with E-state index in [-0.39, 0.29) is 0 Å². The number of ether oxygens (including phenoxy) is 1. The van der Waals surface area contributed by atoms with Crippen LogP contribution in [0.1, 0.15) is 16.8 Å². The molecule has 5 heteroatoms. The summed E-state index contributed by atoms with van der Waals surface area (Å²) < 4.78 is 5.72. The summed E-state index contributed by atoms with van der Waals surface area (Å²) in [6, 6.07) is 20.0. The Hall–Kier alpha value is -3.23. The number of nitriles is 1. The van der Waals surface area contributed by atoms with Crippen LogP contribution in [0.15, 0.2) is 67.0 Å². The summed E-state index contributed by atoms with van der Waals surface area (Å²) in [7, 11) is 0. The monoisotopic (exact) mass is 316 g/mol. The van der Waals surface area contributed by atoms with Crippen LogP contribution in [0.25, 0.3) is 0 Å². The second kappa shape index (κ2) is 7.86. The van der Waals surface area contributed by atoms with Gasteiger partial charge in [0.25, 0.3) is 0 Å². The Morgan fingerprint density at radius 1 is 0.875 bits per heavy atom. The lowest BCUT2D eigenvalue weighted by Crippen LogP contribution is -1.97. The standard InChI is InChI=1S/C19H16N4O/c20-10-18-11-22-19(12-21-18)23-17-8-6-16(7-9-17)14-24-13-15-4-2-1-3-5-15/h1-9,11-12H,13-14H2,(H,22,23). The topological polar surface area (TPSA) is 70.8 Å². The van der Waals surface area contributed by atoms with Gasteiger partial charge in [-0.05, 0) is 23.3 Å². The number of nitrogens with one attached hydrogen (secondary N) is 1. The molecule has 5 nitrogen and oxygen atoms in total. The fourth-order valence-corrected chi connectivity index (χ4v) is 2.14. The highest BCUT2D eigenvalue weighted by Crippen LogP contribution is 2.15. The molecule has 0 unspecified atom stereocenters. The Bertz CT molecular complexity index is 809. The lowest BCUT2D eigenvalue weighted by molar-refractivity contribution is 0.107. The zero-order valence-corrected chi connectivity index (χ0v) is 13.0. The first-order chi connectivity index (χ1) is 11.8. The SMILES string of the molecule is N#Cc1cnc(Nc2ccc(COCc3ccccc3)cc2)cn1. The maximum atomic E-state index is 8.71. The second-order valence-corrected chi connectivity index (χ2v) is 5.20. The third-order valence-electron chi connectivity index (χ3n) is 3.37. The van der Waals surface area contributed by atoms with Crippen molar-refractivity contribution in [1.29, 1.82) is 5.26 Å². The molecule has 0 bridgehead atoms. The van der Waals surface area contributed by atoms with E-state index >= 15 is 0 Å². The molecule has 0 aliphatic rings. The van der Waals surface area contributed by atoms with E-state index in [4.69, 9.17) is 10.00 Å². The van der Waals surface area contributed by atoms with Gasteiger partial charge in [0.05, 0.1) is 25.6 Å². The molecule has 0 aliphatic carbocycles. The minimum atomic E-state index is 0.298. The van der Waals surface area contributed by atoms with Crippen LogP contribution in [-0.2, 0) is 18.0 Å². The Balaban J connectivity index is 1.52. The van der Waals surface area contributed by atoms with Crippen LogP contribution in [0.2, 0.25) is 0 Å². The van der Waals surface area contributed by atoms with E-state index in [9.17, 15) is 0 Å². The lowest BCUT2D eigenvalue weighted by Gasteiger charge is -2.07. The van der Waals surface area contributed by atoms with Crippen molar-refractivity contribution in [2.45, 2.75) is 13.2 Å². The van der Waals surface area contributed by atoms with Gasteiger partial charge in [0, 0.05) is 5.69 Å². The Morgan fingerprint density at radius 3 is 2.21 bits per heavy atom. The maximum absolute atomic E-state index is 8.71. The average Bonchev–Trinajstić information content (AvgIpc) is 2.65. The molecule has 0 fully saturated rings. The first-order valence-corrected chi connectivity index (χ1v) is 7.53. The van der Waals surface area contributed by atoms with Crippen LogP contribution in [0.4, 0.5) is 11.5 Å². The van der Waals surface area contributed by atoms with Crippen LogP contribution in [0, 0.1) is 11.3 Å². The molecule has 1 N–H and O–H groups in total. The molecule has 0 aliphatic heterocycles. The predicted octanol–water partition coefficient (Wildman–Crippen LogP) is 3.81. The molecule has 3 rings (SSSR count). The van der Waals surface area contributed by atoms with E-state index < -0.39 is 0 Å². The molecular formula is C19H16N4O. The van der Waals surface area contributed by atoms with Gasteiger partial charge < -0.3 is 10.1 Å². The molecule has 0 saturated heterocycles. The molecule has 0 radical (unpaired) electrons. The molecule has 2 aromatic carbocycles. The Labute approximate surface area is 140 Å².